The first-order chi connectivity index (χ1) is 16.3. The van der Waals surface area contributed by atoms with Crippen molar-refractivity contribution in [3.8, 4) is 5.75 Å². The van der Waals surface area contributed by atoms with Crippen molar-refractivity contribution in [2.45, 2.75) is 17.5 Å². The predicted molar refractivity (Wildman–Crippen MR) is 127 cm³/mol. The third kappa shape index (κ3) is 5.20. The molecule has 2 aromatic rings. The highest BCUT2D eigenvalue weighted by Crippen LogP contribution is 2.43. The number of ether oxygens (including phenoxy) is 2. The first-order valence-electron chi connectivity index (χ1n) is 10.0. The molecule has 2 aromatic carbocycles. The van der Waals surface area contributed by atoms with E-state index in [0.717, 1.165) is 16.7 Å². The number of β-lactam (4-membered cyclic amide) rings is 1. The van der Waals surface area contributed by atoms with Crippen molar-refractivity contribution >= 4 is 48.7 Å². The number of carbonyl (C=O) groups is 3. The lowest BCUT2D eigenvalue weighted by molar-refractivity contribution is -0.384. The molecule has 2 amide bonds. The first kappa shape index (κ1) is 25.9. The summed E-state index contributed by atoms with van der Waals surface area (Å²) < 4.78 is 10.7. The molecule has 1 unspecified atom stereocenters. The molecule has 2 N–H and O–H groups in total. The number of rotatable bonds is 8. The van der Waals surface area contributed by atoms with Gasteiger partial charge < -0.3 is 33.4 Å². The number of amides is 2. The van der Waals surface area contributed by atoms with Gasteiger partial charge in [0.05, 0.1) is 10.7 Å². The summed E-state index contributed by atoms with van der Waals surface area (Å²) in [7, 11) is 0. The summed E-state index contributed by atoms with van der Waals surface area (Å²) in [6.45, 7) is -0.701. The molecule has 0 aromatic heterocycles. The van der Waals surface area contributed by atoms with Gasteiger partial charge in [-0.05, 0) is 29.8 Å². The average molecular weight is 518 g/mol. The van der Waals surface area contributed by atoms with E-state index >= 15 is 0 Å². The van der Waals surface area contributed by atoms with E-state index in [1.807, 2.05) is 0 Å². The minimum absolute atomic E-state index is 0. The number of esters is 1. The predicted octanol–water partition coefficient (Wildman–Crippen LogP) is 1.88. The van der Waals surface area contributed by atoms with Crippen molar-refractivity contribution in [3.05, 3.63) is 82.2 Å². The van der Waals surface area contributed by atoms with E-state index < -0.39 is 40.2 Å². The first-order valence-corrected chi connectivity index (χ1v) is 11.1. The molecule has 13 heteroatoms. The zero-order chi connectivity index (χ0) is 24.3. The fourth-order valence-corrected chi connectivity index (χ4v) is 4.73. The average Bonchev–Trinajstić information content (AvgIpc) is 2.85. The van der Waals surface area contributed by atoms with Gasteiger partial charge in [0.25, 0.3) is 17.5 Å². The van der Waals surface area contributed by atoms with Crippen molar-refractivity contribution in [1.29, 1.82) is 0 Å². The van der Waals surface area contributed by atoms with Crippen LogP contribution in [0.15, 0.2) is 66.6 Å². The summed E-state index contributed by atoms with van der Waals surface area (Å²) in [5, 5.41) is 22.2. The molecule has 2 atom stereocenters. The van der Waals surface area contributed by atoms with Gasteiger partial charge in [-0.25, -0.2) is 4.79 Å². The molecular formula is C22H19N3O8S2-2. The number of aliphatic hydroxyl groups is 1. The Morgan fingerprint density at radius 2 is 1.89 bits per heavy atom. The molecule has 1 saturated heterocycles. The molecule has 2 aliphatic heterocycles. The second-order valence-electron chi connectivity index (χ2n) is 7.45. The Kier molecular flexibility index (Phi) is 7.92. The molecule has 184 valence electrons. The molecule has 2 heterocycles. The maximum absolute atomic E-state index is 13.1. The number of benzene rings is 2. The number of nitro groups is 1. The topological polar surface area (TPSA) is 148 Å². The lowest BCUT2D eigenvalue weighted by Crippen LogP contribution is -2.82. The number of fused-ring (bicyclic) bond motifs is 1. The number of non-ortho nitro benzene ring substituents is 1. The molecule has 0 radical (unpaired) electrons. The Bertz CT molecular complexity index is 1160. The van der Waals surface area contributed by atoms with E-state index in [1.54, 1.807) is 30.3 Å². The normalized spacial score (nSPS) is 20.3. The van der Waals surface area contributed by atoms with Crippen LogP contribution < -0.4 is 10.1 Å². The molecule has 2 aliphatic rings. The molecule has 1 fully saturated rings. The molecule has 0 bridgehead atoms. The summed E-state index contributed by atoms with van der Waals surface area (Å²) in [5.74, 6) is -1.90. The molecule has 0 spiro atoms. The van der Waals surface area contributed by atoms with E-state index in [9.17, 15) is 29.6 Å². The van der Waals surface area contributed by atoms with E-state index in [2.05, 4.69) is 5.32 Å². The van der Waals surface area contributed by atoms with Crippen LogP contribution in [-0.4, -0.2) is 56.0 Å². The zero-order valence-electron chi connectivity index (χ0n) is 18.0. The molecular weight excluding hydrogens is 498 g/mol. The number of nitrogens with one attached hydrogen (secondary N) is 1. The Hall–Kier alpha value is -3.71. The Morgan fingerprint density at radius 1 is 1.20 bits per heavy atom. The highest BCUT2D eigenvalue weighted by molar-refractivity contribution is 8.00. The molecule has 0 aliphatic carbocycles. The van der Waals surface area contributed by atoms with Crippen molar-refractivity contribution in [2.75, 3.05) is 12.4 Å². The van der Waals surface area contributed by atoms with Gasteiger partial charge in [0, 0.05) is 18.3 Å². The van der Waals surface area contributed by atoms with Crippen molar-refractivity contribution in [3.63, 3.8) is 0 Å². The van der Waals surface area contributed by atoms with Crippen LogP contribution in [0.3, 0.4) is 0 Å². The zero-order valence-corrected chi connectivity index (χ0v) is 19.6. The van der Waals surface area contributed by atoms with E-state index in [-0.39, 0.29) is 37.3 Å². The van der Waals surface area contributed by atoms with Crippen molar-refractivity contribution in [2.24, 2.45) is 0 Å². The fourth-order valence-electron chi connectivity index (χ4n) is 3.50. The van der Waals surface area contributed by atoms with Crippen molar-refractivity contribution in [1.82, 2.24) is 10.2 Å². The fraction of sp³-hybridized carbons (Fsp3) is 0.227. The van der Waals surface area contributed by atoms with Gasteiger partial charge >= 0.3 is 5.97 Å². The number of thioether (sulfide) groups is 1. The quantitative estimate of drug-likeness (QED) is 0.176. The Balaban J connectivity index is 0.00000342. The van der Waals surface area contributed by atoms with Crippen LogP contribution in [0.1, 0.15) is 5.56 Å². The summed E-state index contributed by atoms with van der Waals surface area (Å²) >= 11 is 1.10. The number of carbonyl (C=O) groups excluding carboxylic acids is 3. The van der Waals surface area contributed by atoms with Crippen LogP contribution in [-0.2, 0) is 39.2 Å². The summed E-state index contributed by atoms with van der Waals surface area (Å²) in [4.78, 5) is 50.1. The largest absolute Gasteiger partial charge is 2.00 e. The monoisotopic (exact) mass is 517 g/mol. The van der Waals surface area contributed by atoms with Gasteiger partial charge in [-0.1, -0.05) is 18.2 Å². The number of aliphatic hydroxyl groups excluding tert-OH is 1. The summed E-state index contributed by atoms with van der Waals surface area (Å²) in [6.07, 6.45) is 1.22. The lowest BCUT2D eigenvalue weighted by Gasteiger charge is -2.53. The van der Waals surface area contributed by atoms with E-state index in [1.165, 1.54) is 30.5 Å². The molecule has 35 heavy (non-hydrogen) atoms. The Morgan fingerprint density at radius 3 is 2.54 bits per heavy atom. The number of para-hydroxylation sites is 1. The van der Waals surface area contributed by atoms with E-state index in [4.69, 9.17) is 9.47 Å². The second-order valence-corrected chi connectivity index (χ2v) is 8.52. The van der Waals surface area contributed by atoms with Crippen LogP contribution in [0.2, 0.25) is 0 Å². The van der Waals surface area contributed by atoms with Gasteiger partial charge in [-0.15, -0.1) is 11.8 Å². The molecule has 0 saturated carbocycles. The van der Waals surface area contributed by atoms with E-state index in [0.29, 0.717) is 11.3 Å². The van der Waals surface area contributed by atoms with Gasteiger partial charge in [0.1, 0.15) is 23.5 Å². The maximum atomic E-state index is 13.1. The van der Waals surface area contributed by atoms with Crippen molar-refractivity contribution < 1.29 is 33.9 Å². The number of nitro benzene ring substituents is 1. The minimum atomic E-state index is -2.00. The van der Waals surface area contributed by atoms with Gasteiger partial charge in [-0.3, -0.25) is 24.6 Å². The third-order valence-electron chi connectivity index (χ3n) is 5.16. The van der Waals surface area contributed by atoms with Crippen LogP contribution in [0.25, 0.3) is 0 Å². The number of hydrogen-bond donors (Lipinski definition) is 2. The lowest BCUT2D eigenvalue weighted by atomic mass is 9.87. The third-order valence-corrected chi connectivity index (χ3v) is 6.52. The highest BCUT2D eigenvalue weighted by Gasteiger charge is 2.68. The molecule has 11 nitrogen and oxygen atoms in total. The molecule has 4 rings (SSSR count). The van der Waals surface area contributed by atoms with Crippen LogP contribution >= 0.6 is 11.8 Å². The van der Waals surface area contributed by atoms with Crippen LogP contribution in [0, 0.1) is 10.1 Å². The number of nitrogens with zero attached hydrogens (tertiary/aromatic N) is 2. The van der Waals surface area contributed by atoms with Crippen LogP contribution in [0.5, 0.6) is 5.75 Å². The number of hydrogen-bond acceptors (Lipinski definition) is 9. The summed E-state index contributed by atoms with van der Waals surface area (Å²) in [6, 6.07) is 13.9. The minimum Gasteiger partial charge on any atom is -2.00 e. The maximum Gasteiger partial charge on any atom is 0.345 e. The highest BCUT2D eigenvalue weighted by atomic mass is 32.2. The van der Waals surface area contributed by atoms with Gasteiger partial charge in [0.2, 0.25) is 5.54 Å². The SMILES string of the molecule is O=C(COc1ccccc1)NC1(C(=O)OCc2ccc([N+](=O)[O-])cc2)C(=O)N2C=C(O)CS[C@H]21.[S-2]. The Labute approximate surface area is 210 Å². The van der Waals surface area contributed by atoms with Gasteiger partial charge in [-0.2, -0.15) is 0 Å². The van der Waals surface area contributed by atoms with Gasteiger partial charge in [0.15, 0.2) is 6.61 Å². The summed E-state index contributed by atoms with van der Waals surface area (Å²) in [5.41, 5.74) is -1.66. The van der Waals surface area contributed by atoms with Crippen LogP contribution in [0.4, 0.5) is 5.69 Å². The smallest absolute Gasteiger partial charge is 0.345 e. The second kappa shape index (κ2) is 10.7. The standard InChI is InChI=1S/C22H19N3O8S.S/c26-16-10-24-19(28)22(20(24)34-13-16,23-18(27)12-32-17-4-2-1-3-5-17)21(29)33-11-14-6-8-15(9-7-14)25(30)31;/h1-10,20,26H,11-13H2,(H,23,27);/q;-2/t20-,22?;/m0./s1.